The highest BCUT2D eigenvalue weighted by Gasteiger charge is 1.89. The maximum Gasteiger partial charge on any atom is 0.0626 e. The SMILES string of the molecule is [2H]c1ccc(CCCCO)c([2H])c1. The maximum atomic E-state index is 8.58. The monoisotopic (exact) mass is 152 g/mol. The minimum absolute atomic E-state index is 0.212. The van der Waals surface area contributed by atoms with Gasteiger partial charge >= 0.3 is 0 Å². The lowest BCUT2D eigenvalue weighted by Crippen LogP contribution is -1.87. The van der Waals surface area contributed by atoms with Crippen LogP contribution in [0.3, 0.4) is 0 Å². The van der Waals surface area contributed by atoms with Crippen molar-refractivity contribution in [2.75, 3.05) is 6.61 Å². The minimum Gasteiger partial charge on any atom is -0.396 e. The molecule has 1 aromatic rings. The number of unbranched alkanes of at least 4 members (excludes halogenated alkanes) is 1. The van der Waals surface area contributed by atoms with Gasteiger partial charge in [-0.15, -0.1) is 0 Å². The largest absolute Gasteiger partial charge is 0.396 e. The topological polar surface area (TPSA) is 20.2 Å². The number of rotatable bonds is 4. The third-order valence-corrected chi connectivity index (χ3v) is 1.58. The number of hydrogen-bond donors (Lipinski definition) is 1. The Hall–Kier alpha value is -0.820. The Morgan fingerprint density at radius 3 is 3.00 bits per heavy atom. The molecule has 1 heteroatoms. The van der Waals surface area contributed by atoms with Gasteiger partial charge in [0.1, 0.15) is 0 Å². The normalized spacial score (nSPS) is 12.5. The molecule has 0 amide bonds. The average molecular weight is 152 g/mol. The average Bonchev–Trinajstić information content (AvgIpc) is 2.09. The van der Waals surface area contributed by atoms with Crippen molar-refractivity contribution in [2.24, 2.45) is 0 Å². The van der Waals surface area contributed by atoms with Crippen LogP contribution in [0.2, 0.25) is 0 Å². The third kappa shape index (κ3) is 3.19. The zero-order valence-electron chi connectivity index (χ0n) is 8.51. The van der Waals surface area contributed by atoms with E-state index in [0.29, 0.717) is 12.1 Å². The summed E-state index contributed by atoms with van der Waals surface area (Å²) in [7, 11) is 0. The summed E-state index contributed by atoms with van der Waals surface area (Å²) in [6.07, 6.45) is 2.50. The Balaban J connectivity index is 2.56. The maximum absolute atomic E-state index is 8.58. The van der Waals surface area contributed by atoms with Crippen molar-refractivity contribution in [2.45, 2.75) is 19.3 Å². The fourth-order valence-electron chi connectivity index (χ4n) is 0.962. The van der Waals surface area contributed by atoms with Gasteiger partial charge in [0, 0.05) is 6.61 Å². The van der Waals surface area contributed by atoms with Crippen LogP contribution in [0, 0.1) is 0 Å². The van der Waals surface area contributed by atoms with Crippen LogP contribution in [-0.4, -0.2) is 11.7 Å². The van der Waals surface area contributed by atoms with E-state index in [4.69, 9.17) is 7.85 Å². The number of aliphatic hydroxyl groups excluding tert-OH is 1. The molecule has 0 unspecified atom stereocenters. The molecule has 0 radical (unpaired) electrons. The summed E-state index contributed by atoms with van der Waals surface area (Å²) in [6, 6.07) is 5.89. The summed E-state index contributed by atoms with van der Waals surface area (Å²) in [5, 5.41) is 8.58. The van der Waals surface area contributed by atoms with E-state index in [-0.39, 0.29) is 6.61 Å². The highest BCUT2D eigenvalue weighted by Crippen LogP contribution is 2.03. The van der Waals surface area contributed by atoms with Crippen LogP contribution in [-0.2, 0) is 6.42 Å². The van der Waals surface area contributed by atoms with Gasteiger partial charge in [-0.05, 0) is 24.8 Å². The summed E-state index contributed by atoms with van der Waals surface area (Å²) in [4.78, 5) is 0. The number of hydrogen-bond acceptors (Lipinski definition) is 1. The zero-order valence-corrected chi connectivity index (χ0v) is 6.51. The molecule has 1 nitrogen and oxygen atoms in total. The van der Waals surface area contributed by atoms with E-state index in [2.05, 4.69) is 0 Å². The van der Waals surface area contributed by atoms with Gasteiger partial charge in [0.05, 0.1) is 2.74 Å². The summed E-state index contributed by atoms with van der Waals surface area (Å²) in [5.74, 6) is 0. The Kier molecular flexibility index (Phi) is 2.58. The summed E-state index contributed by atoms with van der Waals surface area (Å²) in [5.41, 5.74) is 0.962. The number of aliphatic hydroxyl groups is 1. The van der Waals surface area contributed by atoms with Gasteiger partial charge in [-0.25, -0.2) is 0 Å². The number of aryl methyl sites for hydroxylation is 1. The molecule has 0 saturated carbocycles. The van der Waals surface area contributed by atoms with Crippen LogP contribution in [0.15, 0.2) is 30.3 Å². The molecular weight excluding hydrogens is 136 g/mol. The van der Waals surface area contributed by atoms with Crippen LogP contribution in [0.5, 0.6) is 0 Å². The molecule has 11 heavy (non-hydrogen) atoms. The second-order valence-electron chi connectivity index (χ2n) is 2.49. The first-order valence-corrected chi connectivity index (χ1v) is 3.91. The summed E-state index contributed by atoms with van der Waals surface area (Å²) in [6.45, 7) is 0.212. The van der Waals surface area contributed by atoms with E-state index in [9.17, 15) is 0 Å². The van der Waals surface area contributed by atoms with Crippen LogP contribution >= 0.6 is 0 Å². The minimum atomic E-state index is 0.212. The van der Waals surface area contributed by atoms with Crippen LogP contribution in [0.4, 0.5) is 0 Å². The summed E-state index contributed by atoms with van der Waals surface area (Å²) >= 11 is 0. The lowest BCUT2D eigenvalue weighted by atomic mass is 10.1. The van der Waals surface area contributed by atoms with Crippen LogP contribution in [0.1, 0.15) is 21.1 Å². The fraction of sp³-hybridized carbons (Fsp3) is 0.400. The quantitative estimate of drug-likeness (QED) is 0.654. The van der Waals surface area contributed by atoms with E-state index < -0.39 is 0 Å². The standard InChI is InChI=1S/C10H14O/c11-9-5-4-8-10-6-2-1-3-7-10/h1-3,6-7,11H,4-5,8-9H2/i1D,6D. The molecule has 0 bridgehead atoms. The molecule has 0 heterocycles. The van der Waals surface area contributed by atoms with Crippen LogP contribution < -0.4 is 0 Å². The highest BCUT2D eigenvalue weighted by molar-refractivity contribution is 5.14. The van der Waals surface area contributed by atoms with Crippen molar-refractivity contribution in [3.8, 4) is 0 Å². The molecule has 0 atom stereocenters. The van der Waals surface area contributed by atoms with Gasteiger partial charge in [0.25, 0.3) is 0 Å². The van der Waals surface area contributed by atoms with Crippen molar-refractivity contribution in [3.05, 3.63) is 35.8 Å². The Morgan fingerprint density at radius 2 is 2.27 bits per heavy atom. The number of benzene rings is 1. The molecule has 0 aliphatic rings. The van der Waals surface area contributed by atoms with E-state index >= 15 is 0 Å². The smallest absolute Gasteiger partial charge is 0.0626 e. The Morgan fingerprint density at radius 1 is 1.36 bits per heavy atom. The second kappa shape index (κ2) is 4.91. The molecule has 0 aromatic heterocycles. The summed E-state index contributed by atoms with van der Waals surface area (Å²) < 4.78 is 14.9. The first-order valence-electron chi connectivity index (χ1n) is 4.91. The molecule has 1 N–H and O–H groups in total. The second-order valence-corrected chi connectivity index (χ2v) is 2.49. The first kappa shape index (κ1) is 5.78. The molecule has 1 aromatic carbocycles. The third-order valence-electron chi connectivity index (χ3n) is 1.58. The van der Waals surface area contributed by atoms with E-state index in [1.165, 1.54) is 0 Å². The van der Waals surface area contributed by atoms with E-state index in [0.717, 1.165) is 24.8 Å². The fourth-order valence-corrected chi connectivity index (χ4v) is 0.962. The lowest BCUT2D eigenvalue weighted by Gasteiger charge is -1.97. The Bertz CT molecular complexity index is 274. The van der Waals surface area contributed by atoms with Crippen molar-refractivity contribution in [1.82, 2.24) is 0 Å². The van der Waals surface area contributed by atoms with Gasteiger partial charge < -0.3 is 5.11 Å². The molecule has 1 rings (SSSR count). The van der Waals surface area contributed by atoms with Crippen LogP contribution in [0.25, 0.3) is 0 Å². The Labute approximate surface area is 70.5 Å². The van der Waals surface area contributed by atoms with Gasteiger partial charge in [-0.2, -0.15) is 0 Å². The molecule has 0 aliphatic heterocycles. The van der Waals surface area contributed by atoms with Crippen molar-refractivity contribution >= 4 is 0 Å². The molecule has 0 saturated heterocycles. The lowest BCUT2D eigenvalue weighted by molar-refractivity contribution is 0.284. The van der Waals surface area contributed by atoms with Gasteiger partial charge in [-0.1, -0.05) is 30.3 Å². The predicted octanol–water partition coefficient (Wildman–Crippen LogP) is 2.00. The van der Waals surface area contributed by atoms with Crippen molar-refractivity contribution in [1.29, 1.82) is 0 Å². The van der Waals surface area contributed by atoms with Gasteiger partial charge in [0.2, 0.25) is 0 Å². The van der Waals surface area contributed by atoms with Crippen molar-refractivity contribution in [3.63, 3.8) is 0 Å². The molecule has 0 spiro atoms. The molecule has 0 fully saturated rings. The molecule has 60 valence electrons. The highest BCUT2D eigenvalue weighted by atomic mass is 16.2. The zero-order chi connectivity index (χ0) is 9.68. The van der Waals surface area contributed by atoms with Gasteiger partial charge in [0.15, 0.2) is 0 Å². The predicted molar refractivity (Wildman–Crippen MR) is 46.5 cm³/mol. The first-order chi connectivity index (χ1) is 6.24. The van der Waals surface area contributed by atoms with E-state index in [1.54, 1.807) is 12.1 Å². The molecular formula is C10H14O. The van der Waals surface area contributed by atoms with E-state index in [1.807, 2.05) is 6.07 Å². The van der Waals surface area contributed by atoms with Crippen molar-refractivity contribution < 1.29 is 7.85 Å². The van der Waals surface area contributed by atoms with Gasteiger partial charge in [-0.3, -0.25) is 0 Å². The molecule has 0 aliphatic carbocycles.